The molecule has 0 fully saturated rings. The Morgan fingerprint density at radius 1 is 1.14 bits per heavy atom. The van der Waals surface area contributed by atoms with Crippen molar-refractivity contribution in [1.82, 2.24) is 0 Å². The van der Waals surface area contributed by atoms with Crippen LogP contribution >= 0.6 is 0 Å². The van der Waals surface area contributed by atoms with Crippen molar-refractivity contribution >= 4 is 0 Å². The normalized spacial score (nSPS) is 17.4. The van der Waals surface area contributed by atoms with Crippen molar-refractivity contribution in [2.24, 2.45) is 5.92 Å². The zero-order chi connectivity index (χ0) is 10.2. The van der Waals surface area contributed by atoms with Gasteiger partial charge in [-0.15, -0.1) is 0 Å². The van der Waals surface area contributed by atoms with Crippen molar-refractivity contribution in [3.05, 3.63) is 24.3 Å². The quantitative estimate of drug-likeness (QED) is 0.723. The molecule has 0 saturated carbocycles. The summed E-state index contributed by atoms with van der Waals surface area (Å²) in [6.45, 7) is 3.99. The topological polar surface area (TPSA) is 27.7 Å². The number of methoxy groups -OCH3 is 1. The van der Waals surface area contributed by atoms with Gasteiger partial charge in [0.15, 0.2) is 11.5 Å². The Morgan fingerprint density at radius 3 is 2.00 bits per heavy atom. The lowest BCUT2D eigenvalue weighted by atomic mass is 10.2. The zero-order valence-electron chi connectivity index (χ0n) is 8.61. The van der Waals surface area contributed by atoms with Crippen LogP contribution in [0.3, 0.4) is 0 Å². The maximum absolute atomic E-state index is 5.66. The third kappa shape index (κ3) is 1.24. The molecule has 1 aliphatic rings. The van der Waals surface area contributed by atoms with E-state index >= 15 is 0 Å². The maximum atomic E-state index is 5.66. The molecule has 1 aromatic carbocycles. The third-order valence-electron chi connectivity index (χ3n) is 2.35. The number of benzene rings is 1. The lowest BCUT2D eigenvalue weighted by Gasteiger charge is -2.28. The maximum Gasteiger partial charge on any atom is 0.374 e. The van der Waals surface area contributed by atoms with Crippen molar-refractivity contribution in [2.75, 3.05) is 7.11 Å². The first-order valence-electron chi connectivity index (χ1n) is 4.70. The highest BCUT2D eigenvalue weighted by Crippen LogP contribution is 2.42. The van der Waals surface area contributed by atoms with Gasteiger partial charge in [-0.2, -0.15) is 0 Å². The molecule has 14 heavy (non-hydrogen) atoms. The van der Waals surface area contributed by atoms with Gasteiger partial charge in [0.25, 0.3) is 0 Å². The van der Waals surface area contributed by atoms with Crippen LogP contribution in [0.5, 0.6) is 11.5 Å². The fraction of sp³-hybridized carbons (Fsp3) is 0.455. The lowest BCUT2D eigenvalue weighted by molar-refractivity contribution is -0.293. The number of para-hydroxylation sites is 2. The highest BCUT2D eigenvalue weighted by Gasteiger charge is 2.45. The van der Waals surface area contributed by atoms with E-state index in [2.05, 4.69) is 0 Å². The molecule has 0 atom stereocenters. The molecular formula is C11H14O3. The van der Waals surface area contributed by atoms with Crippen LogP contribution in [0, 0.1) is 5.92 Å². The van der Waals surface area contributed by atoms with E-state index in [-0.39, 0.29) is 5.92 Å². The number of rotatable bonds is 2. The summed E-state index contributed by atoms with van der Waals surface area (Å²) in [5.41, 5.74) is 0. The summed E-state index contributed by atoms with van der Waals surface area (Å²) in [7, 11) is 1.59. The summed E-state index contributed by atoms with van der Waals surface area (Å²) in [5.74, 6) is 0.648. The Bertz CT molecular complexity index is 308. The van der Waals surface area contributed by atoms with E-state index in [1.807, 2.05) is 38.1 Å². The molecule has 0 aromatic heterocycles. The van der Waals surface area contributed by atoms with E-state index in [9.17, 15) is 0 Å². The summed E-state index contributed by atoms with van der Waals surface area (Å²) in [4.78, 5) is 0. The second-order valence-electron chi connectivity index (χ2n) is 3.61. The van der Waals surface area contributed by atoms with E-state index < -0.39 is 5.97 Å². The molecule has 0 N–H and O–H groups in total. The monoisotopic (exact) mass is 194 g/mol. The van der Waals surface area contributed by atoms with Crippen LogP contribution in [-0.2, 0) is 4.74 Å². The molecular weight excluding hydrogens is 180 g/mol. The van der Waals surface area contributed by atoms with E-state index in [1.54, 1.807) is 7.11 Å². The van der Waals surface area contributed by atoms with Crippen LogP contribution in [-0.4, -0.2) is 13.1 Å². The van der Waals surface area contributed by atoms with Gasteiger partial charge in [-0.1, -0.05) is 26.0 Å². The van der Waals surface area contributed by atoms with Gasteiger partial charge in [-0.3, -0.25) is 0 Å². The highest BCUT2D eigenvalue weighted by molar-refractivity contribution is 5.42. The molecule has 0 unspecified atom stereocenters. The minimum absolute atomic E-state index is 0.125. The summed E-state index contributed by atoms with van der Waals surface area (Å²) in [6, 6.07) is 7.57. The van der Waals surface area contributed by atoms with Crippen LogP contribution in [0.1, 0.15) is 13.8 Å². The Hall–Kier alpha value is -1.22. The van der Waals surface area contributed by atoms with E-state index in [4.69, 9.17) is 14.2 Å². The average molecular weight is 194 g/mol. The van der Waals surface area contributed by atoms with Crippen LogP contribution in [0.2, 0.25) is 0 Å². The number of hydrogen-bond acceptors (Lipinski definition) is 3. The predicted octanol–water partition coefficient (Wildman–Crippen LogP) is 2.41. The molecule has 0 amide bonds. The molecule has 0 saturated heterocycles. The molecule has 0 aliphatic carbocycles. The molecule has 0 radical (unpaired) electrons. The first-order valence-corrected chi connectivity index (χ1v) is 4.70. The van der Waals surface area contributed by atoms with Gasteiger partial charge in [0.1, 0.15) is 0 Å². The Labute approximate surface area is 83.6 Å². The fourth-order valence-corrected chi connectivity index (χ4v) is 1.50. The van der Waals surface area contributed by atoms with E-state index in [0.717, 1.165) is 11.5 Å². The van der Waals surface area contributed by atoms with Crippen LogP contribution in [0.25, 0.3) is 0 Å². The van der Waals surface area contributed by atoms with Gasteiger partial charge < -0.3 is 14.2 Å². The standard InChI is InChI=1S/C11H14O3/c1-8(2)11(12-3)13-9-6-4-5-7-10(9)14-11/h4-8H,1-3H3. The smallest absolute Gasteiger partial charge is 0.374 e. The largest absolute Gasteiger partial charge is 0.426 e. The van der Waals surface area contributed by atoms with Crippen molar-refractivity contribution < 1.29 is 14.2 Å². The Balaban J connectivity index is 2.32. The molecule has 3 nitrogen and oxygen atoms in total. The van der Waals surface area contributed by atoms with Crippen molar-refractivity contribution in [1.29, 1.82) is 0 Å². The number of ether oxygens (including phenoxy) is 3. The third-order valence-corrected chi connectivity index (χ3v) is 2.35. The van der Waals surface area contributed by atoms with Gasteiger partial charge in [0.05, 0.1) is 5.92 Å². The van der Waals surface area contributed by atoms with E-state index in [0.29, 0.717) is 0 Å². The molecule has 1 aliphatic heterocycles. The SMILES string of the molecule is COC1(C(C)C)Oc2ccccc2O1. The zero-order valence-corrected chi connectivity index (χ0v) is 8.61. The van der Waals surface area contributed by atoms with Gasteiger partial charge in [0.2, 0.25) is 0 Å². The molecule has 0 spiro atoms. The predicted molar refractivity (Wildman–Crippen MR) is 52.3 cm³/mol. The Kier molecular flexibility index (Phi) is 2.11. The first-order chi connectivity index (χ1) is 6.68. The van der Waals surface area contributed by atoms with Crippen LogP contribution in [0.4, 0.5) is 0 Å². The number of hydrogen-bond donors (Lipinski definition) is 0. The molecule has 0 bridgehead atoms. The summed E-state index contributed by atoms with van der Waals surface area (Å²) < 4.78 is 16.6. The lowest BCUT2D eigenvalue weighted by Crippen LogP contribution is -2.45. The molecule has 1 heterocycles. The van der Waals surface area contributed by atoms with Gasteiger partial charge >= 0.3 is 5.97 Å². The van der Waals surface area contributed by atoms with Gasteiger partial charge in [0, 0.05) is 7.11 Å². The minimum atomic E-state index is -0.955. The minimum Gasteiger partial charge on any atom is -0.426 e. The molecule has 2 rings (SSSR count). The van der Waals surface area contributed by atoms with Crippen molar-refractivity contribution in [2.45, 2.75) is 19.8 Å². The number of fused-ring (bicyclic) bond motifs is 1. The van der Waals surface area contributed by atoms with Gasteiger partial charge in [-0.05, 0) is 12.1 Å². The average Bonchev–Trinajstić information content (AvgIpc) is 2.57. The van der Waals surface area contributed by atoms with E-state index in [1.165, 1.54) is 0 Å². The van der Waals surface area contributed by atoms with Crippen molar-refractivity contribution in [3.63, 3.8) is 0 Å². The molecule has 1 aromatic rings. The summed E-state index contributed by atoms with van der Waals surface area (Å²) >= 11 is 0. The van der Waals surface area contributed by atoms with Crippen LogP contribution < -0.4 is 9.47 Å². The summed E-state index contributed by atoms with van der Waals surface area (Å²) in [5, 5.41) is 0. The highest BCUT2D eigenvalue weighted by atomic mass is 16.9. The second kappa shape index (κ2) is 3.17. The molecule has 76 valence electrons. The summed E-state index contributed by atoms with van der Waals surface area (Å²) in [6.07, 6.45) is 0. The van der Waals surface area contributed by atoms with Gasteiger partial charge in [-0.25, -0.2) is 0 Å². The van der Waals surface area contributed by atoms with Crippen LogP contribution in [0.15, 0.2) is 24.3 Å². The van der Waals surface area contributed by atoms with Crippen molar-refractivity contribution in [3.8, 4) is 11.5 Å². The fourth-order valence-electron chi connectivity index (χ4n) is 1.50. The Morgan fingerprint density at radius 2 is 1.64 bits per heavy atom. The second-order valence-corrected chi connectivity index (χ2v) is 3.61. The molecule has 3 heteroatoms. The first kappa shape index (κ1) is 9.34.